The molecule has 5 aliphatic carbocycles. The molecule has 6 rings (SSSR count). The zero-order valence-electron chi connectivity index (χ0n) is 14.3. The summed E-state index contributed by atoms with van der Waals surface area (Å²) in [6.45, 7) is 0. The fraction of sp³-hybridized carbons (Fsp3) is 0.667. The molecule has 128 valence electrons. The van der Waals surface area contributed by atoms with Crippen LogP contribution in [-0.2, 0) is 4.79 Å². The van der Waals surface area contributed by atoms with E-state index in [0.29, 0.717) is 6.04 Å². The van der Waals surface area contributed by atoms with Crippen LogP contribution in [0.4, 0.5) is 0 Å². The van der Waals surface area contributed by atoms with Gasteiger partial charge in [0.2, 0.25) is 5.91 Å². The Kier molecular flexibility index (Phi) is 3.48. The van der Waals surface area contributed by atoms with Gasteiger partial charge in [0.05, 0.1) is 0 Å². The second-order valence-electron chi connectivity index (χ2n) is 8.97. The van der Waals surface area contributed by atoms with Crippen LogP contribution in [0.5, 0.6) is 0 Å². The van der Waals surface area contributed by atoms with Crippen LogP contribution in [0.15, 0.2) is 30.3 Å². The van der Waals surface area contributed by atoms with Crippen molar-refractivity contribution in [2.75, 3.05) is 0 Å². The zero-order chi connectivity index (χ0) is 16.1. The minimum absolute atomic E-state index is 0.180. The Morgan fingerprint density at radius 3 is 2.08 bits per heavy atom. The van der Waals surface area contributed by atoms with Crippen molar-refractivity contribution in [1.82, 2.24) is 10.6 Å². The standard InChI is InChI=1S/C21H28N2O/c24-20(22-18-6-7-18)19(17-4-2-1-3-5-17)23-21-11-14-8-15(12-21)10-16(9-14)13-21/h1-5,14-16,18-19,23H,6-13H2,(H,22,24)/t14?,15?,16?,19-,21?/m0/s1. The molecule has 0 heterocycles. The van der Waals surface area contributed by atoms with Gasteiger partial charge in [0, 0.05) is 11.6 Å². The van der Waals surface area contributed by atoms with E-state index >= 15 is 0 Å². The van der Waals surface area contributed by atoms with Crippen LogP contribution >= 0.6 is 0 Å². The SMILES string of the molecule is O=C(NC1CC1)[C@@H](NC12CC3CC(CC(C3)C1)C2)c1ccccc1. The highest BCUT2D eigenvalue weighted by molar-refractivity contribution is 5.83. The minimum Gasteiger partial charge on any atom is -0.352 e. The first-order chi connectivity index (χ1) is 11.7. The Morgan fingerprint density at radius 1 is 0.958 bits per heavy atom. The first-order valence-corrected chi connectivity index (χ1v) is 9.82. The van der Waals surface area contributed by atoms with Crippen molar-refractivity contribution in [3.63, 3.8) is 0 Å². The van der Waals surface area contributed by atoms with E-state index in [1.165, 1.54) is 38.5 Å². The Morgan fingerprint density at radius 2 is 1.54 bits per heavy atom. The smallest absolute Gasteiger partial charge is 0.241 e. The van der Waals surface area contributed by atoms with Crippen LogP contribution in [0.1, 0.15) is 63.0 Å². The van der Waals surface area contributed by atoms with Crippen LogP contribution in [-0.4, -0.2) is 17.5 Å². The third-order valence-corrected chi connectivity index (χ3v) is 6.81. The van der Waals surface area contributed by atoms with Gasteiger partial charge in [0.15, 0.2) is 0 Å². The molecule has 1 aromatic rings. The van der Waals surface area contributed by atoms with Crippen molar-refractivity contribution in [1.29, 1.82) is 0 Å². The molecular weight excluding hydrogens is 296 g/mol. The van der Waals surface area contributed by atoms with E-state index in [1.54, 1.807) is 0 Å². The lowest BCUT2D eigenvalue weighted by atomic mass is 9.53. The molecule has 5 aliphatic rings. The van der Waals surface area contributed by atoms with E-state index in [9.17, 15) is 4.79 Å². The van der Waals surface area contributed by atoms with Crippen LogP contribution in [0.25, 0.3) is 0 Å². The topological polar surface area (TPSA) is 41.1 Å². The van der Waals surface area contributed by atoms with E-state index < -0.39 is 0 Å². The van der Waals surface area contributed by atoms with Crippen LogP contribution in [0, 0.1) is 17.8 Å². The van der Waals surface area contributed by atoms with Gasteiger partial charge in [-0.1, -0.05) is 30.3 Å². The van der Waals surface area contributed by atoms with Crippen LogP contribution in [0.2, 0.25) is 0 Å². The molecule has 0 saturated heterocycles. The van der Waals surface area contributed by atoms with Crippen molar-refractivity contribution in [3.8, 4) is 0 Å². The zero-order valence-corrected chi connectivity index (χ0v) is 14.3. The number of hydrogen-bond acceptors (Lipinski definition) is 2. The third-order valence-electron chi connectivity index (χ3n) is 6.81. The molecular formula is C21H28N2O. The summed E-state index contributed by atoms with van der Waals surface area (Å²) in [4.78, 5) is 12.9. The Balaban J connectivity index is 1.41. The van der Waals surface area contributed by atoms with Crippen molar-refractivity contribution in [2.24, 2.45) is 17.8 Å². The molecule has 0 spiro atoms. The van der Waals surface area contributed by atoms with E-state index in [-0.39, 0.29) is 17.5 Å². The maximum absolute atomic E-state index is 12.9. The summed E-state index contributed by atoms with van der Waals surface area (Å²) < 4.78 is 0. The fourth-order valence-corrected chi connectivity index (χ4v) is 6.05. The Bertz CT molecular complexity index is 587. The number of amides is 1. The normalized spacial score (nSPS) is 38.1. The molecule has 0 unspecified atom stereocenters. The molecule has 3 nitrogen and oxygen atoms in total. The Hall–Kier alpha value is -1.35. The molecule has 0 aromatic heterocycles. The van der Waals surface area contributed by atoms with E-state index in [1.807, 2.05) is 18.2 Å². The highest BCUT2D eigenvalue weighted by Gasteiger charge is 2.52. The second-order valence-corrected chi connectivity index (χ2v) is 8.97. The van der Waals surface area contributed by atoms with Crippen molar-refractivity contribution < 1.29 is 4.79 Å². The lowest BCUT2D eigenvalue weighted by Gasteiger charge is -2.57. The summed E-state index contributed by atoms with van der Waals surface area (Å²) in [5.41, 5.74) is 1.32. The fourth-order valence-electron chi connectivity index (χ4n) is 6.05. The number of carbonyl (C=O) groups excluding carboxylic acids is 1. The van der Waals surface area contributed by atoms with Crippen LogP contribution < -0.4 is 10.6 Å². The largest absolute Gasteiger partial charge is 0.352 e. The number of hydrogen-bond donors (Lipinski definition) is 2. The molecule has 0 radical (unpaired) electrons. The summed E-state index contributed by atoms with van der Waals surface area (Å²) in [5, 5.41) is 7.13. The molecule has 1 amide bonds. The van der Waals surface area contributed by atoms with Gasteiger partial charge in [-0.15, -0.1) is 0 Å². The molecule has 4 bridgehead atoms. The summed E-state index contributed by atoms with van der Waals surface area (Å²) in [7, 11) is 0. The van der Waals surface area contributed by atoms with Gasteiger partial charge in [-0.05, 0) is 74.7 Å². The predicted octanol–water partition coefficient (Wildman–Crippen LogP) is 3.56. The predicted molar refractivity (Wildman–Crippen MR) is 94.4 cm³/mol. The summed E-state index contributed by atoms with van der Waals surface area (Å²) in [6.07, 6.45) is 10.4. The molecule has 1 atom stereocenters. The quantitative estimate of drug-likeness (QED) is 0.869. The summed E-state index contributed by atoms with van der Waals surface area (Å²) >= 11 is 0. The first-order valence-electron chi connectivity index (χ1n) is 9.82. The maximum atomic E-state index is 12.9. The third kappa shape index (κ3) is 2.77. The van der Waals surface area contributed by atoms with Gasteiger partial charge < -0.3 is 5.32 Å². The number of carbonyl (C=O) groups is 1. The van der Waals surface area contributed by atoms with Crippen molar-refractivity contribution in [3.05, 3.63) is 35.9 Å². The van der Waals surface area contributed by atoms with Crippen LogP contribution in [0.3, 0.4) is 0 Å². The molecule has 2 N–H and O–H groups in total. The number of rotatable bonds is 5. The van der Waals surface area contributed by atoms with Crippen molar-refractivity contribution >= 4 is 5.91 Å². The number of benzene rings is 1. The monoisotopic (exact) mass is 324 g/mol. The van der Waals surface area contributed by atoms with Gasteiger partial charge in [-0.2, -0.15) is 0 Å². The molecule has 24 heavy (non-hydrogen) atoms. The molecule has 5 saturated carbocycles. The Labute approximate surface area is 144 Å². The summed E-state index contributed by atoms with van der Waals surface area (Å²) in [6, 6.07) is 10.6. The molecule has 3 heteroatoms. The average molecular weight is 324 g/mol. The van der Waals surface area contributed by atoms with Gasteiger partial charge >= 0.3 is 0 Å². The van der Waals surface area contributed by atoms with E-state index in [0.717, 1.165) is 36.2 Å². The minimum atomic E-state index is -0.192. The maximum Gasteiger partial charge on any atom is 0.241 e. The average Bonchev–Trinajstić information content (AvgIpc) is 3.36. The highest BCUT2D eigenvalue weighted by Crippen LogP contribution is 2.56. The molecule has 0 aliphatic heterocycles. The van der Waals surface area contributed by atoms with Gasteiger partial charge in [0.25, 0.3) is 0 Å². The lowest BCUT2D eigenvalue weighted by Crippen LogP contribution is -2.60. The van der Waals surface area contributed by atoms with Crippen molar-refractivity contribution in [2.45, 2.75) is 69.0 Å². The van der Waals surface area contributed by atoms with Gasteiger partial charge in [-0.25, -0.2) is 0 Å². The second kappa shape index (κ2) is 5.59. The highest BCUT2D eigenvalue weighted by atomic mass is 16.2. The van der Waals surface area contributed by atoms with E-state index in [2.05, 4.69) is 22.8 Å². The number of nitrogens with one attached hydrogen (secondary N) is 2. The van der Waals surface area contributed by atoms with E-state index in [4.69, 9.17) is 0 Å². The lowest BCUT2D eigenvalue weighted by molar-refractivity contribution is -0.125. The molecule has 5 fully saturated rings. The van der Waals surface area contributed by atoms with Gasteiger partial charge in [-0.3, -0.25) is 10.1 Å². The first kappa shape index (κ1) is 14.9. The van der Waals surface area contributed by atoms with Gasteiger partial charge in [0.1, 0.15) is 6.04 Å². The molecule has 1 aromatic carbocycles. The summed E-state index contributed by atoms with van der Waals surface area (Å²) in [5.74, 6) is 2.87.